The molecule has 0 aliphatic heterocycles. The largest absolute Gasteiger partial charge is 0.0683 e. The van der Waals surface area contributed by atoms with E-state index in [0.717, 1.165) is 11.8 Å². The fourth-order valence-corrected chi connectivity index (χ4v) is 4.94. The van der Waals surface area contributed by atoms with E-state index in [2.05, 4.69) is 148 Å². The summed E-state index contributed by atoms with van der Waals surface area (Å²) in [5, 5.41) is 0. The van der Waals surface area contributed by atoms with Crippen molar-refractivity contribution in [2.24, 2.45) is 11.8 Å². The van der Waals surface area contributed by atoms with E-state index < -0.39 is 0 Å². The number of aryl methyl sites for hydroxylation is 3. The number of benzene rings is 3. The van der Waals surface area contributed by atoms with Gasteiger partial charge in [-0.1, -0.05) is 206 Å². The molecule has 3 aromatic rings. The lowest BCUT2D eigenvalue weighted by Crippen LogP contribution is -2.03. The Bertz CT molecular complexity index is 891. The zero-order valence-corrected chi connectivity index (χ0v) is 32.1. The average Bonchev–Trinajstić information content (AvgIpc) is 3.05. The van der Waals surface area contributed by atoms with Crippen LogP contribution in [0, 0.1) is 32.6 Å². The predicted molar refractivity (Wildman–Crippen MR) is 206 cm³/mol. The van der Waals surface area contributed by atoms with Crippen molar-refractivity contribution in [3.8, 4) is 0 Å². The Kier molecular flexibility index (Phi) is 35.1. The van der Waals surface area contributed by atoms with E-state index in [9.17, 15) is 0 Å². The van der Waals surface area contributed by atoms with Gasteiger partial charge in [0.1, 0.15) is 0 Å². The minimum atomic E-state index is 0.549. The topological polar surface area (TPSA) is 0 Å². The summed E-state index contributed by atoms with van der Waals surface area (Å²) >= 11 is 0. The van der Waals surface area contributed by atoms with E-state index in [4.69, 9.17) is 0 Å². The van der Waals surface area contributed by atoms with Crippen LogP contribution in [0.1, 0.15) is 168 Å². The molecular formula is C44H76. The molecule has 252 valence electrons. The second kappa shape index (κ2) is 33.6. The van der Waals surface area contributed by atoms with Crippen LogP contribution in [-0.2, 0) is 0 Å². The minimum Gasteiger partial charge on any atom is -0.0683 e. The van der Waals surface area contributed by atoms with Crippen molar-refractivity contribution in [2.45, 2.75) is 161 Å². The highest BCUT2D eigenvalue weighted by atomic mass is 14.2. The van der Waals surface area contributed by atoms with Gasteiger partial charge in [-0.15, -0.1) is 0 Å². The molecule has 3 aromatic carbocycles. The molecule has 0 fully saturated rings. The van der Waals surface area contributed by atoms with Gasteiger partial charge in [0.15, 0.2) is 0 Å². The fraction of sp³-hybridized carbons (Fsp3) is 0.591. The lowest BCUT2D eigenvalue weighted by molar-refractivity contribution is 0.358. The standard InChI is InChI=1S/C16H18.C11H24.C9H12.C4H10.2C2H6/c1-2-9-16(14-10-5-3-6-11-14)15-12-7-4-8-13-15;1-5-7-11(8-6-2)9-10(3)4;1-7-4-5-8(2)9(3)6-7;1-3-4-2;2*1-2/h3-8,10-13,16H,2,9H2,1H3;10-11H,5-9H2,1-4H3;4-6H,1-3H3;3-4H2,1-2H3;2*1-2H3. The molecule has 0 aromatic heterocycles. The molecule has 3 rings (SSSR count). The van der Waals surface area contributed by atoms with Crippen molar-refractivity contribution >= 4 is 0 Å². The maximum Gasteiger partial charge on any atom is 0.00892 e. The third-order valence-electron chi connectivity index (χ3n) is 7.34. The van der Waals surface area contributed by atoms with Gasteiger partial charge < -0.3 is 0 Å². The number of hydrogen-bond donors (Lipinski definition) is 0. The molecule has 0 radical (unpaired) electrons. The highest BCUT2D eigenvalue weighted by Crippen LogP contribution is 2.28. The quantitative estimate of drug-likeness (QED) is 0.204. The summed E-state index contributed by atoms with van der Waals surface area (Å²) in [4.78, 5) is 0. The Morgan fingerprint density at radius 3 is 1.18 bits per heavy atom. The van der Waals surface area contributed by atoms with Crippen LogP contribution in [0.3, 0.4) is 0 Å². The fourth-order valence-electron chi connectivity index (χ4n) is 4.94. The summed E-state index contributed by atoms with van der Waals surface area (Å²) in [6.07, 6.45) is 12.1. The first-order chi connectivity index (χ1) is 21.2. The normalized spacial score (nSPS) is 9.66. The van der Waals surface area contributed by atoms with Crippen LogP contribution in [0.15, 0.2) is 78.9 Å². The molecular weight excluding hydrogens is 528 g/mol. The van der Waals surface area contributed by atoms with Crippen molar-refractivity contribution in [3.05, 3.63) is 107 Å². The van der Waals surface area contributed by atoms with E-state index in [0.29, 0.717) is 5.92 Å². The van der Waals surface area contributed by atoms with Gasteiger partial charge in [0.2, 0.25) is 0 Å². The molecule has 0 atom stereocenters. The third kappa shape index (κ3) is 25.0. The van der Waals surface area contributed by atoms with E-state index >= 15 is 0 Å². The van der Waals surface area contributed by atoms with Gasteiger partial charge in [0.05, 0.1) is 0 Å². The van der Waals surface area contributed by atoms with Gasteiger partial charge in [-0.05, 0) is 67.7 Å². The highest BCUT2D eigenvalue weighted by molar-refractivity contribution is 5.32. The SMILES string of the molecule is CC.CC.CCCC.CCCC(CCC)CC(C)C.CCCC(c1ccccc1)c1ccccc1.Cc1ccc(C)c(C)c1. The van der Waals surface area contributed by atoms with E-state index in [1.807, 2.05) is 27.7 Å². The summed E-state index contributed by atoms with van der Waals surface area (Å²) < 4.78 is 0. The van der Waals surface area contributed by atoms with Crippen LogP contribution < -0.4 is 0 Å². The summed E-state index contributed by atoms with van der Waals surface area (Å²) in [5.41, 5.74) is 6.96. The van der Waals surface area contributed by atoms with Gasteiger partial charge in [0.25, 0.3) is 0 Å². The zero-order chi connectivity index (χ0) is 34.2. The minimum absolute atomic E-state index is 0.549. The molecule has 0 N–H and O–H groups in total. The predicted octanol–water partition coefficient (Wildman–Crippen LogP) is 15.3. The highest BCUT2D eigenvalue weighted by Gasteiger charge is 2.12. The van der Waals surface area contributed by atoms with Crippen LogP contribution in [-0.4, -0.2) is 0 Å². The Labute approximate surface area is 278 Å². The molecule has 0 bridgehead atoms. The maximum absolute atomic E-state index is 2.33. The first kappa shape index (κ1) is 46.1. The molecule has 0 aliphatic rings. The van der Waals surface area contributed by atoms with Crippen LogP contribution in [0.25, 0.3) is 0 Å². The number of rotatable bonds is 11. The van der Waals surface area contributed by atoms with Crippen molar-refractivity contribution in [2.75, 3.05) is 0 Å². The Hall–Kier alpha value is -2.34. The Balaban J connectivity index is -0.000000529. The monoisotopic (exact) mass is 605 g/mol. The van der Waals surface area contributed by atoms with Gasteiger partial charge in [-0.3, -0.25) is 0 Å². The second-order valence-corrected chi connectivity index (χ2v) is 11.8. The lowest BCUT2D eigenvalue weighted by Gasteiger charge is -2.17. The van der Waals surface area contributed by atoms with Crippen LogP contribution in [0.4, 0.5) is 0 Å². The summed E-state index contributed by atoms with van der Waals surface area (Å²) in [5.74, 6) is 2.44. The molecule has 0 heteroatoms. The second-order valence-electron chi connectivity index (χ2n) is 11.8. The first-order valence-corrected chi connectivity index (χ1v) is 18.4. The zero-order valence-electron chi connectivity index (χ0n) is 32.1. The molecule has 0 nitrogen and oxygen atoms in total. The average molecular weight is 605 g/mol. The van der Waals surface area contributed by atoms with Gasteiger partial charge in [0, 0.05) is 5.92 Å². The van der Waals surface area contributed by atoms with Crippen LogP contribution >= 0.6 is 0 Å². The molecule has 0 heterocycles. The van der Waals surface area contributed by atoms with Crippen molar-refractivity contribution in [1.82, 2.24) is 0 Å². The maximum atomic E-state index is 2.33. The Morgan fingerprint density at radius 1 is 0.477 bits per heavy atom. The van der Waals surface area contributed by atoms with Crippen molar-refractivity contribution in [3.63, 3.8) is 0 Å². The van der Waals surface area contributed by atoms with Gasteiger partial charge in [-0.25, -0.2) is 0 Å². The number of unbranched alkanes of at least 4 members (excludes halogenated alkanes) is 1. The van der Waals surface area contributed by atoms with Gasteiger partial charge >= 0.3 is 0 Å². The van der Waals surface area contributed by atoms with Crippen molar-refractivity contribution in [1.29, 1.82) is 0 Å². The Morgan fingerprint density at radius 2 is 0.886 bits per heavy atom. The number of hydrogen-bond acceptors (Lipinski definition) is 0. The van der Waals surface area contributed by atoms with E-state index in [1.54, 1.807) is 0 Å². The van der Waals surface area contributed by atoms with E-state index in [-0.39, 0.29) is 0 Å². The summed E-state index contributed by atoms with van der Waals surface area (Å²) in [6.45, 7) is 30.3. The molecule has 44 heavy (non-hydrogen) atoms. The molecule has 0 amide bonds. The first-order valence-electron chi connectivity index (χ1n) is 18.4. The van der Waals surface area contributed by atoms with Crippen LogP contribution in [0.5, 0.6) is 0 Å². The molecule has 0 unspecified atom stereocenters. The third-order valence-corrected chi connectivity index (χ3v) is 7.34. The lowest BCUT2D eigenvalue weighted by atomic mass is 9.88. The summed E-state index contributed by atoms with van der Waals surface area (Å²) in [7, 11) is 0. The van der Waals surface area contributed by atoms with Gasteiger partial charge in [-0.2, -0.15) is 0 Å². The smallest absolute Gasteiger partial charge is 0.00892 e. The summed E-state index contributed by atoms with van der Waals surface area (Å²) in [6, 6.07) is 28.1. The van der Waals surface area contributed by atoms with Crippen molar-refractivity contribution < 1.29 is 0 Å². The molecule has 0 saturated carbocycles. The molecule has 0 saturated heterocycles. The van der Waals surface area contributed by atoms with E-state index in [1.165, 1.54) is 85.6 Å². The van der Waals surface area contributed by atoms with Crippen LogP contribution in [0.2, 0.25) is 0 Å². The molecule has 0 aliphatic carbocycles. The molecule has 0 spiro atoms.